The van der Waals surface area contributed by atoms with Gasteiger partial charge in [0.25, 0.3) is 0 Å². The third-order valence-corrected chi connectivity index (χ3v) is 3.86. The fourth-order valence-electron chi connectivity index (χ4n) is 2.07. The molecule has 1 saturated heterocycles. The Morgan fingerprint density at radius 1 is 1.41 bits per heavy atom. The molecule has 0 aromatic carbocycles. The molecule has 0 atom stereocenters. The van der Waals surface area contributed by atoms with Crippen molar-refractivity contribution in [3.05, 3.63) is 28.0 Å². The van der Waals surface area contributed by atoms with Gasteiger partial charge in [-0.05, 0) is 49.0 Å². The zero-order chi connectivity index (χ0) is 12.1. The van der Waals surface area contributed by atoms with Crippen molar-refractivity contribution in [3.8, 4) is 0 Å². The van der Waals surface area contributed by atoms with Gasteiger partial charge in [0.2, 0.25) is 0 Å². The molecular weight excluding hydrogens is 234 g/mol. The summed E-state index contributed by atoms with van der Waals surface area (Å²) in [6.45, 7) is 3.39. The van der Waals surface area contributed by atoms with E-state index in [2.05, 4.69) is 11.0 Å². The van der Waals surface area contributed by atoms with Gasteiger partial charge in [-0.25, -0.2) is 4.79 Å². The summed E-state index contributed by atoms with van der Waals surface area (Å²) in [5.74, 6) is -0.895. The maximum atomic E-state index is 10.4. The second kappa shape index (κ2) is 5.98. The Balaban J connectivity index is 1.91. The molecule has 1 aromatic heterocycles. The maximum Gasteiger partial charge on any atom is 0.328 e. The van der Waals surface area contributed by atoms with Crippen molar-refractivity contribution >= 4 is 23.4 Å². The molecule has 1 aliphatic rings. The first-order chi connectivity index (χ1) is 8.24. The van der Waals surface area contributed by atoms with Gasteiger partial charge in [0.1, 0.15) is 0 Å². The highest BCUT2D eigenvalue weighted by atomic mass is 32.1. The predicted molar refractivity (Wildman–Crippen MR) is 70.1 cm³/mol. The van der Waals surface area contributed by atoms with E-state index in [1.807, 2.05) is 5.38 Å². The normalized spacial score (nSPS) is 17.6. The molecule has 1 N–H and O–H groups in total. The summed E-state index contributed by atoms with van der Waals surface area (Å²) in [7, 11) is 0. The molecule has 92 valence electrons. The Morgan fingerprint density at radius 2 is 2.18 bits per heavy atom. The molecule has 0 unspecified atom stereocenters. The number of hydrogen-bond donors (Lipinski definition) is 1. The first-order valence-corrected chi connectivity index (χ1v) is 6.83. The highest BCUT2D eigenvalue weighted by Crippen LogP contribution is 2.20. The molecular formula is C13H17NO2S. The Hall–Kier alpha value is -1.13. The van der Waals surface area contributed by atoms with Crippen LogP contribution in [0.15, 0.2) is 17.5 Å². The van der Waals surface area contributed by atoms with E-state index in [9.17, 15) is 4.79 Å². The minimum absolute atomic E-state index is 0.895. The van der Waals surface area contributed by atoms with Gasteiger partial charge in [0, 0.05) is 17.5 Å². The molecule has 0 amide bonds. The summed E-state index contributed by atoms with van der Waals surface area (Å²) in [5, 5.41) is 10.6. The lowest BCUT2D eigenvalue weighted by molar-refractivity contribution is -0.131. The molecule has 2 rings (SSSR count). The van der Waals surface area contributed by atoms with E-state index in [4.69, 9.17) is 5.11 Å². The van der Waals surface area contributed by atoms with Crippen LogP contribution in [-0.4, -0.2) is 29.1 Å². The Kier molecular flexibility index (Phi) is 4.34. The molecule has 2 heterocycles. The van der Waals surface area contributed by atoms with E-state index >= 15 is 0 Å². The molecule has 0 radical (unpaired) electrons. The zero-order valence-electron chi connectivity index (χ0n) is 9.76. The van der Waals surface area contributed by atoms with Crippen LogP contribution in [0.1, 0.15) is 29.7 Å². The van der Waals surface area contributed by atoms with Gasteiger partial charge in [0.15, 0.2) is 0 Å². The fraction of sp³-hybridized carbons (Fsp3) is 0.462. The van der Waals surface area contributed by atoms with Crippen LogP contribution in [-0.2, 0) is 11.3 Å². The fourth-order valence-corrected chi connectivity index (χ4v) is 2.97. The van der Waals surface area contributed by atoms with Crippen LogP contribution in [0.25, 0.3) is 6.08 Å². The molecule has 1 fully saturated rings. The number of hydrogen-bond acceptors (Lipinski definition) is 3. The highest BCUT2D eigenvalue weighted by molar-refractivity contribution is 7.10. The van der Waals surface area contributed by atoms with Gasteiger partial charge in [-0.3, -0.25) is 4.90 Å². The van der Waals surface area contributed by atoms with E-state index < -0.39 is 5.97 Å². The summed E-state index contributed by atoms with van der Waals surface area (Å²) in [6.07, 6.45) is 6.80. The monoisotopic (exact) mass is 251 g/mol. The van der Waals surface area contributed by atoms with Crippen molar-refractivity contribution in [2.24, 2.45) is 0 Å². The number of thiophene rings is 1. The third-order valence-electron chi connectivity index (χ3n) is 2.92. The Bertz CT molecular complexity index is 405. The number of nitrogens with zero attached hydrogens (tertiary/aromatic N) is 1. The van der Waals surface area contributed by atoms with Crippen LogP contribution in [0, 0.1) is 0 Å². The van der Waals surface area contributed by atoms with Crippen molar-refractivity contribution < 1.29 is 9.90 Å². The number of carbonyl (C=O) groups is 1. The molecule has 0 aliphatic carbocycles. The number of piperidine rings is 1. The molecule has 1 aromatic rings. The van der Waals surface area contributed by atoms with Crippen molar-refractivity contribution in [1.82, 2.24) is 4.90 Å². The predicted octanol–water partition coefficient (Wildman–Crippen LogP) is 2.83. The Morgan fingerprint density at radius 3 is 2.88 bits per heavy atom. The lowest BCUT2D eigenvalue weighted by atomic mass is 10.1. The van der Waals surface area contributed by atoms with Crippen molar-refractivity contribution in [1.29, 1.82) is 0 Å². The smallest absolute Gasteiger partial charge is 0.328 e. The van der Waals surface area contributed by atoms with Crippen LogP contribution in [0.4, 0.5) is 0 Å². The quantitative estimate of drug-likeness (QED) is 0.837. The van der Waals surface area contributed by atoms with Gasteiger partial charge >= 0.3 is 5.97 Å². The number of aliphatic carboxylic acids is 1. The average Bonchev–Trinajstić information content (AvgIpc) is 2.75. The van der Waals surface area contributed by atoms with Crippen molar-refractivity contribution in [2.45, 2.75) is 25.8 Å². The van der Waals surface area contributed by atoms with Gasteiger partial charge in [-0.15, -0.1) is 11.3 Å². The van der Waals surface area contributed by atoms with Gasteiger partial charge in [-0.1, -0.05) is 6.42 Å². The number of rotatable bonds is 4. The summed E-state index contributed by atoms with van der Waals surface area (Å²) < 4.78 is 0. The summed E-state index contributed by atoms with van der Waals surface area (Å²) >= 11 is 1.71. The second-order valence-corrected chi connectivity index (χ2v) is 5.35. The molecule has 17 heavy (non-hydrogen) atoms. The molecule has 1 aliphatic heterocycles. The topological polar surface area (TPSA) is 40.5 Å². The zero-order valence-corrected chi connectivity index (χ0v) is 10.6. The molecule has 0 spiro atoms. The van der Waals surface area contributed by atoms with Gasteiger partial charge in [0.05, 0.1) is 0 Å². The van der Waals surface area contributed by atoms with Crippen LogP contribution in [0.3, 0.4) is 0 Å². The van der Waals surface area contributed by atoms with Crippen molar-refractivity contribution in [3.63, 3.8) is 0 Å². The van der Waals surface area contributed by atoms with Crippen LogP contribution >= 0.6 is 11.3 Å². The number of carboxylic acids is 1. The summed E-state index contributed by atoms with van der Waals surface area (Å²) in [5.41, 5.74) is 0.990. The van der Waals surface area contributed by atoms with E-state index in [-0.39, 0.29) is 0 Å². The van der Waals surface area contributed by atoms with Crippen LogP contribution < -0.4 is 0 Å². The molecule has 0 saturated carbocycles. The third kappa shape index (κ3) is 3.98. The van der Waals surface area contributed by atoms with E-state index in [0.29, 0.717) is 0 Å². The van der Waals surface area contributed by atoms with Gasteiger partial charge in [-0.2, -0.15) is 0 Å². The summed E-state index contributed by atoms with van der Waals surface area (Å²) in [6, 6.07) is 2.08. The Labute approximate surface area is 105 Å². The maximum absolute atomic E-state index is 10.4. The van der Waals surface area contributed by atoms with Crippen LogP contribution in [0.2, 0.25) is 0 Å². The number of carboxylic acid groups (broad SMARTS) is 1. The van der Waals surface area contributed by atoms with Crippen LogP contribution in [0.5, 0.6) is 0 Å². The SMILES string of the molecule is O=C(O)C=Cc1csc(CN2CCCCC2)c1. The number of likely N-dealkylation sites (tertiary alicyclic amines) is 1. The van der Waals surface area contributed by atoms with E-state index in [1.54, 1.807) is 17.4 Å². The molecule has 4 heteroatoms. The lowest BCUT2D eigenvalue weighted by Crippen LogP contribution is -2.28. The largest absolute Gasteiger partial charge is 0.478 e. The minimum Gasteiger partial charge on any atom is -0.478 e. The average molecular weight is 251 g/mol. The summed E-state index contributed by atoms with van der Waals surface area (Å²) in [4.78, 5) is 14.2. The first-order valence-electron chi connectivity index (χ1n) is 5.95. The minimum atomic E-state index is -0.895. The second-order valence-electron chi connectivity index (χ2n) is 4.35. The lowest BCUT2D eigenvalue weighted by Gasteiger charge is -2.25. The molecule has 3 nitrogen and oxygen atoms in total. The highest BCUT2D eigenvalue weighted by Gasteiger charge is 2.11. The first kappa shape index (κ1) is 12.3. The van der Waals surface area contributed by atoms with E-state index in [1.165, 1.54) is 43.3 Å². The molecule has 0 bridgehead atoms. The van der Waals surface area contributed by atoms with Crippen molar-refractivity contribution in [2.75, 3.05) is 13.1 Å². The van der Waals surface area contributed by atoms with Gasteiger partial charge < -0.3 is 5.11 Å². The standard InChI is InChI=1S/C13H17NO2S/c15-13(16)5-4-11-8-12(17-10-11)9-14-6-2-1-3-7-14/h4-5,8,10H,1-3,6-7,9H2,(H,15,16). The van der Waals surface area contributed by atoms with E-state index in [0.717, 1.165) is 12.1 Å².